The van der Waals surface area contributed by atoms with Crippen LogP contribution in [0.4, 0.5) is 13.2 Å². The number of hydrogen-bond donors (Lipinski definition) is 1. The van der Waals surface area contributed by atoms with Crippen molar-refractivity contribution in [3.05, 3.63) is 36.2 Å². The molecule has 2 rings (SSSR count). The van der Waals surface area contributed by atoms with Crippen molar-refractivity contribution in [2.75, 3.05) is 7.11 Å². The average molecular weight is 300 g/mol. The van der Waals surface area contributed by atoms with Gasteiger partial charge in [0.25, 0.3) is 0 Å². The molecule has 0 saturated heterocycles. The van der Waals surface area contributed by atoms with Crippen molar-refractivity contribution in [1.82, 2.24) is 9.78 Å². The van der Waals surface area contributed by atoms with E-state index in [4.69, 9.17) is 0 Å². The van der Waals surface area contributed by atoms with Crippen molar-refractivity contribution in [1.29, 1.82) is 0 Å². The summed E-state index contributed by atoms with van der Waals surface area (Å²) in [6.45, 7) is -1.21. The van der Waals surface area contributed by atoms with Gasteiger partial charge in [-0.05, 0) is 18.2 Å². The van der Waals surface area contributed by atoms with E-state index in [0.717, 1.165) is 4.68 Å². The summed E-state index contributed by atoms with van der Waals surface area (Å²) < 4.78 is 42.0. The minimum Gasteiger partial charge on any atom is -0.507 e. The number of benzene rings is 1. The molecule has 112 valence electrons. The molecule has 0 spiro atoms. The number of alkyl halides is 3. The Labute approximate surface area is 117 Å². The Morgan fingerprint density at radius 3 is 2.71 bits per heavy atom. The second-order valence-corrected chi connectivity index (χ2v) is 4.27. The summed E-state index contributed by atoms with van der Waals surface area (Å²) in [6, 6.07) is 4.00. The van der Waals surface area contributed by atoms with Gasteiger partial charge in [-0.15, -0.1) is 0 Å². The number of methoxy groups -OCH3 is 1. The average Bonchev–Trinajstić information content (AvgIpc) is 2.83. The Morgan fingerprint density at radius 1 is 1.43 bits per heavy atom. The molecular formula is C13H11F3N2O3. The molecule has 2 aromatic rings. The third-order valence-electron chi connectivity index (χ3n) is 2.70. The predicted molar refractivity (Wildman–Crippen MR) is 66.7 cm³/mol. The highest BCUT2D eigenvalue weighted by Gasteiger charge is 2.28. The van der Waals surface area contributed by atoms with Gasteiger partial charge < -0.3 is 9.84 Å². The van der Waals surface area contributed by atoms with E-state index in [9.17, 15) is 23.1 Å². The second kappa shape index (κ2) is 5.47. The number of ether oxygens (including phenoxy) is 1. The number of aromatic hydroxyl groups is 1. The van der Waals surface area contributed by atoms with Crippen molar-refractivity contribution < 1.29 is 27.8 Å². The molecule has 0 atom stereocenters. The highest BCUT2D eigenvalue weighted by molar-refractivity contribution is 5.91. The van der Waals surface area contributed by atoms with E-state index in [1.807, 2.05) is 0 Å². The third kappa shape index (κ3) is 3.53. The molecule has 0 aliphatic heterocycles. The van der Waals surface area contributed by atoms with Gasteiger partial charge in [-0.25, -0.2) is 4.79 Å². The maximum absolute atomic E-state index is 12.3. The molecule has 1 N–H and O–H groups in total. The normalized spacial score (nSPS) is 11.4. The summed E-state index contributed by atoms with van der Waals surface area (Å²) in [5.41, 5.74) is 0.727. The minimum absolute atomic E-state index is 0.140. The number of phenolic OH excluding ortho intramolecular Hbond substituents is 1. The fourth-order valence-electron chi connectivity index (χ4n) is 1.79. The lowest BCUT2D eigenvalue weighted by Gasteiger charge is -2.06. The zero-order valence-corrected chi connectivity index (χ0v) is 10.9. The lowest BCUT2D eigenvalue weighted by Crippen LogP contribution is -2.17. The van der Waals surface area contributed by atoms with Crippen molar-refractivity contribution in [3.63, 3.8) is 0 Å². The van der Waals surface area contributed by atoms with Crippen LogP contribution in [0.2, 0.25) is 0 Å². The second-order valence-electron chi connectivity index (χ2n) is 4.27. The fourth-order valence-corrected chi connectivity index (χ4v) is 1.79. The lowest BCUT2D eigenvalue weighted by atomic mass is 10.1. The highest BCUT2D eigenvalue weighted by Crippen LogP contribution is 2.30. The van der Waals surface area contributed by atoms with E-state index >= 15 is 0 Å². The number of hydrogen-bond acceptors (Lipinski definition) is 4. The number of rotatable bonds is 3. The molecule has 1 aromatic heterocycles. The molecule has 21 heavy (non-hydrogen) atoms. The Balaban J connectivity index is 2.28. The zero-order valence-electron chi connectivity index (χ0n) is 10.9. The summed E-state index contributed by atoms with van der Waals surface area (Å²) in [5, 5.41) is 13.5. The summed E-state index contributed by atoms with van der Waals surface area (Å²) >= 11 is 0. The third-order valence-corrected chi connectivity index (χ3v) is 2.70. The van der Waals surface area contributed by atoms with Gasteiger partial charge in [0.1, 0.15) is 12.3 Å². The highest BCUT2D eigenvalue weighted by atomic mass is 19.4. The van der Waals surface area contributed by atoms with Crippen LogP contribution in [-0.4, -0.2) is 34.1 Å². The predicted octanol–water partition coefficient (Wildman–Crippen LogP) is 2.60. The zero-order chi connectivity index (χ0) is 15.6. The molecule has 5 nitrogen and oxygen atoms in total. The largest absolute Gasteiger partial charge is 0.507 e. The van der Waals surface area contributed by atoms with Crippen LogP contribution < -0.4 is 0 Å². The first-order valence-electron chi connectivity index (χ1n) is 5.81. The van der Waals surface area contributed by atoms with Crippen LogP contribution in [0.15, 0.2) is 30.6 Å². The molecule has 0 unspecified atom stereocenters. The SMILES string of the molecule is COC(=O)c1ccc(-c2cnn(CC(F)(F)F)c2)c(O)c1. The van der Waals surface area contributed by atoms with Gasteiger partial charge in [0.05, 0.1) is 18.9 Å². The van der Waals surface area contributed by atoms with E-state index < -0.39 is 18.7 Å². The number of carbonyl (C=O) groups is 1. The van der Waals surface area contributed by atoms with Gasteiger partial charge in [0.15, 0.2) is 0 Å². The molecule has 8 heteroatoms. The number of aromatic nitrogens is 2. The van der Waals surface area contributed by atoms with E-state index in [-0.39, 0.29) is 16.9 Å². The van der Waals surface area contributed by atoms with Crippen LogP contribution in [0.3, 0.4) is 0 Å². The molecule has 0 aliphatic rings. The van der Waals surface area contributed by atoms with Crippen molar-refractivity contribution in [3.8, 4) is 16.9 Å². The molecule has 0 aliphatic carbocycles. The summed E-state index contributed by atoms with van der Waals surface area (Å²) in [6.07, 6.45) is -2.00. The van der Waals surface area contributed by atoms with Crippen LogP contribution in [0.5, 0.6) is 5.75 Å². The maximum atomic E-state index is 12.3. The summed E-state index contributed by atoms with van der Waals surface area (Å²) in [4.78, 5) is 11.3. The topological polar surface area (TPSA) is 64.3 Å². The van der Waals surface area contributed by atoms with Gasteiger partial charge in [-0.1, -0.05) is 0 Å². The van der Waals surface area contributed by atoms with Crippen LogP contribution in [-0.2, 0) is 11.3 Å². The van der Waals surface area contributed by atoms with Crippen LogP contribution >= 0.6 is 0 Å². The van der Waals surface area contributed by atoms with E-state index in [2.05, 4.69) is 9.84 Å². The van der Waals surface area contributed by atoms with Crippen LogP contribution in [0.25, 0.3) is 11.1 Å². The smallest absolute Gasteiger partial charge is 0.408 e. The van der Waals surface area contributed by atoms with Crippen molar-refractivity contribution >= 4 is 5.97 Å². The first-order valence-corrected chi connectivity index (χ1v) is 5.81. The van der Waals surface area contributed by atoms with E-state index in [1.165, 1.54) is 37.7 Å². The van der Waals surface area contributed by atoms with Crippen molar-refractivity contribution in [2.45, 2.75) is 12.7 Å². The minimum atomic E-state index is -4.37. The molecular weight excluding hydrogens is 289 g/mol. The number of nitrogens with zero attached hydrogens (tertiary/aromatic N) is 2. The maximum Gasteiger partial charge on any atom is 0.408 e. The number of phenols is 1. The molecule has 1 heterocycles. The molecule has 0 saturated carbocycles. The molecule has 0 radical (unpaired) electrons. The van der Waals surface area contributed by atoms with E-state index in [1.54, 1.807) is 0 Å². The van der Waals surface area contributed by atoms with Gasteiger partial charge >= 0.3 is 12.1 Å². The monoisotopic (exact) mass is 300 g/mol. The molecule has 0 amide bonds. The number of carbonyl (C=O) groups excluding carboxylic acids is 1. The standard InChI is InChI=1S/C13H11F3N2O3/c1-21-12(20)8-2-3-10(11(19)4-8)9-5-17-18(6-9)7-13(14,15)16/h2-6,19H,7H2,1H3. The molecule has 0 fully saturated rings. The van der Waals surface area contributed by atoms with E-state index in [0.29, 0.717) is 5.56 Å². The van der Waals surface area contributed by atoms with Gasteiger partial charge in [-0.2, -0.15) is 18.3 Å². The van der Waals surface area contributed by atoms with Crippen LogP contribution in [0.1, 0.15) is 10.4 Å². The molecule has 1 aromatic carbocycles. The van der Waals surface area contributed by atoms with Gasteiger partial charge in [-0.3, -0.25) is 4.68 Å². The van der Waals surface area contributed by atoms with Gasteiger partial charge in [0.2, 0.25) is 0 Å². The van der Waals surface area contributed by atoms with Crippen molar-refractivity contribution in [2.24, 2.45) is 0 Å². The van der Waals surface area contributed by atoms with Gasteiger partial charge in [0, 0.05) is 17.3 Å². The Kier molecular flexibility index (Phi) is 3.88. The number of esters is 1. The van der Waals surface area contributed by atoms with Crippen LogP contribution in [0, 0.1) is 0 Å². The summed E-state index contributed by atoms with van der Waals surface area (Å²) in [5.74, 6) is -0.867. The first kappa shape index (κ1) is 14.9. The number of halogens is 3. The summed E-state index contributed by atoms with van der Waals surface area (Å²) in [7, 11) is 1.20. The Hall–Kier alpha value is -2.51. The first-order chi connectivity index (χ1) is 9.80. The lowest BCUT2D eigenvalue weighted by molar-refractivity contribution is -0.142. The Morgan fingerprint density at radius 2 is 2.14 bits per heavy atom. The molecule has 0 bridgehead atoms. The quantitative estimate of drug-likeness (QED) is 0.885. The fraction of sp³-hybridized carbons (Fsp3) is 0.231. The Bertz CT molecular complexity index is 665.